The fraction of sp³-hybridized carbons (Fsp3) is 0.857. The molecular weight excluding hydrogens is 228 g/mol. The molecule has 1 saturated carbocycles. The standard InChI is InChI=1S/C14H24N2O2/c1-13(2,3)11(17)9-16-12(18)14(10-15)7-5-4-6-8-14/h11,17H,4-9H2,1-3H3,(H,16,18). The molecule has 0 spiro atoms. The zero-order chi connectivity index (χ0) is 13.8. The van der Waals surface area contributed by atoms with Gasteiger partial charge in [0, 0.05) is 6.54 Å². The van der Waals surface area contributed by atoms with Crippen molar-refractivity contribution in [2.45, 2.75) is 59.0 Å². The van der Waals surface area contributed by atoms with Gasteiger partial charge in [-0.2, -0.15) is 5.26 Å². The van der Waals surface area contributed by atoms with E-state index in [9.17, 15) is 15.2 Å². The van der Waals surface area contributed by atoms with Crippen LogP contribution in [-0.2, 0) is 4.79 Å². The first kappa shape index (κ1) is 15.0. The predicted octanol–water partition coefficient (Wildman–Crippen LogP) is 1.98. The Kier molecular flexibility index (Phi) is 4.75. The van der Waals surface area contributed by atoms with Gasteiger partial charge >= 0.3 is 0 Å². The molecule has 0 aromatic carbocycles. The lowest BCUT2D eigenvalue weighted by Crippen LogP contribution is -2.46. The van der Waals surface area contributed by atoms with Gasteiger partial charge in [0.05, 0.1) is 12.2 Å². The lowest BCUT2D eigenvalue weighted by Gasteiger charge is -2.31. The molecule has 0 heterocycles. The van der Waals surface area contributed by atoms with Crippen LogP contribution in [0.3, 0.4) is 0 Å². The quantitative estimate of drug-likeness (QED) is 0.806. The Morgan fingerprint density at radius 3 is 2.39 bits per heavy atom. The SMILES string of the molecule is CC(C)(C)C(O)CNC(=O)C1(C#N)CCCCC1. The van der Waals surface area contributed by atoms with Crippen molar-refractivity contribution in [3.63, 3.8) is 0 Å². The molecule has 0 aliphatic heterocycles. The summed E-state index contributed by atoms with van der Waals surface area (Å²) in [6, 6.07) is 2.19. The third kappa shape index (κ3) is 3.46. The Morgan fingerprint density at radius 2 is 1.94 bits per heavy atom. The molecule has 0 saturated heterocycles. The fourth-order valence-electron chi connectivity index (χ4n) is 2.21. The second-order valence-corrected chi connectivity index (χ2v) is 6.35. The second kappa shape index (κ2) is 5.71. The number of nitriles is 1. The molecule has 4 heteroatoms. The Morgan fingerprint density at radius 1 is 1.39 bits per heavy atom. The van der Waals surface area contributed by atoms with E-state index in [4.69, 9.17) is 0 Å². The van der Waals surface area contributed by atoms with Gasteiger partial charge in [0.1, 0.15) is 5.41 Å². The van der Waals surface area contributed by atoms with E-state index < -0.39 is 11.5 Å². The van der Waals surface area contributed by atoms with Crippen molar-refractivity contribution in [3.8, 4) is 6.07 Å². The number of aliphatic hydroxyl groups excluding tert-OH is 1. The summed E-state index contributed by atoms with van der Waals surface area (Å²) in [7, 11) is 0. The van der Waals surface area contributed by atoms with Gasteiger partial charge in [-0.05, 0) is 18.3 Å². The van der Waals surface area contributed by atoms with Gasteiger partial charge in [0.25, 0.3) is 0 Å². The van der Waals surface area contributed by atoms with Gasteiger partial charge in [0.2, 0.25) is 5.91 Å². The maximum Gasteiger partial charge on any atom is 0.240 e. The summed E-state index contributed by atoms with van der Waals surface area (Å²) in [5.74, 6) is -0.215. The van der Waals surface area contributed by atoms with Crippen LogP contribution in [0.2, 0.25) is 0 Å². The van der Waals surface area contributed by atoms with E-state index in [1.54, 1.807) is 0 Å². The molecule has 1 amide bonds. The number of carbonyl (C=O) groups excluding carboxylic acids is 1. The molecule has 0 aromatic heterocycles. The fourth-order valence-corrected chi connectivity index (χ4v) is 2.21. The van der Waals surface area contributed by atoms with Gasteiger partial charge < -0.3 is 10.4 Å². The number of aliphatic hydroxyl groups is 1. The maximum absolute atomic E-state index is 12.1. The van der Waals surface area contributed by atoms with Crippen molar-refractivity contribution < 1.29 is 9.90 Å². The van der Waals surface area contributed by atoms with Crippen LogP contribution < -0.4 is 5.32 Å². The Bertz CT molecular complexity index is 333. The van der Waals surface area contributed by atoms with Crippen LogP contribution in [0.15, 0.2) is 0 Å². The summed E-state index contributed by atoms with van der Waals surface area (Å²) in [4.78, 5) is 12.1. The molecule has 0 radical (unpaired) electrons. The summed E-state index contributed by atoms with van der Waals surface area (Å²) >= 11 is 0. The molecule has 0 bridgehead atoms. The zero-order valence-electron chi connectivity index (χ0n) is 11.6. The number of rotatable bonds is 3. The summed E-state index contributed by atoms with van der Waals surface area (Å²) in [6.07, 6.45) is 3.65. The second-order valence-electron chi connectivity index (χ2n) is 6.35. The van der Waals surface area contributed by atoms with Crippen LogP contribution in [-0.4, -0.2) is 23.7 Å². The van der Waals surface area contributed by atoms with Crippen LogP contribution in [0.25, 0.3) is 0 Å². The molecule has 102 valence electrons. The van der Waals surface area contributed by atoms with Gasteiger partial charge in [-0.25, -0.2) is 0 Å². The van der Waals surface area contributed by atoms with Gasteiger partial charge in [-0.15, -0.1) is 0 Å². The lowest BCUT2D eigenvalue weighted by atomic mass is 9.74. The molecule has 4 nitrogen and oxygen atoms in total. The summed E-state index contributed by atoms with van der Waals surface area (Å²) in [5, 5.41) is 21.9. The van der Waals surface area contributed by atoms with E-state index in [1.165, 1.54) is 0 Å². The number of nitrogens with one attached hydrogen (secondary N) is 1. The Hall–Kier alpha value is -1.08. The molecule has 1 fully saturated rings. The van der Waals surface area contributed by atoms with E-state index in [2.05, 4.69) is 11.4 Å². The van der Waals surface area contributed by atoms with Crippen molar-refractivity contribution in [1.29, 1.82) is 5.26 Å². The smallest absolute Gasteiger partial charge is 0.240 e. The van der Waals surface area contributed by atoms with Gasteiger partial charge in [0.15, 0.2) is 0 Å². The minimum Gasteiger partial charge on any atom is -0.391 e. The highest BCUT2D eigenvalue weighted by atomic mass is 16.3. The molecule has 1 unspecified atom stereocenters. The van der Waals surface area contributed by atoms with Crippen LogP contribution in [0.5, 0.6) is 0 Å². The Labute approximate surface area is 109 Å². The molecule has 1 atom stereocenters. The average molecular weight is 252 g/mol. The van der Waals surface area contributed by atoms with Crippen LogP contribution >= 0.6 is 0 Å². The van der Waals surface area contributed by atoms with Crippen LogP contribution in [0, 0.1) is 22.2 Å². The summed E-state index contributed by atoms with van der Waals surface area (Å²) in [5.41, 5.74) is -1.13. The first-order chi connectivity index (χ1) is 8.32. The Balaban J connectivity index is 2.57. The minimum atomic E-state index is -0.865. The molecule has 2 N–H and O–H groups in total. The highest BCUT2D eigenvalue weighted by molar-refractivity contribution is 5.85. The number of nitrogens with zero attached hydrogens (tertiary/aromatic N) is 1. The topological polar surface area (TPSA) is 73.1 Å². The molecule has 0 aromatic rings. The van der Waals surface area contributed by atoms with Gasteiger partial charge in [-0.3, -0.25) is 4.79 Å². The van der Waals surface area contributed by atoms with Crippen LogP contribution in [0.1, 0.15) is 52.9 Å². The van der Waals surface area contributed by atoms with Crippen molar-refractivity contribution in [3.05, 3.63) is 0 Å². The number of amides is 1. The number of hydrogen-bond acceptors (Lipinski definition) is 3. The molecule has 1 aliphatic carbocycles. The minimum absolute atomic E-state index is 0.214. The first-order valence-corrected chi connectivity index (χ1v) is 6.69. The first-order valence-electron chi connectivity index (χ1n) is 6.69. The van der Waals surface area contributed by atoms with E-state index in [-0.39, 0.29) is 17.9 Å². The highest BCUT2D eigenvalue weighted by Gasteiger charge is 2.40. The normalized spacial score (nSPS) is 20.8. The maximum atomic E-state index is 12.1. The van der Waals surface area contributed by atoms with E-state index >= 15 is 0 Å². The average Bonchev–Trinajstić information content (AvgIpc) is 2.35. The number of carbonyl (C=O) groups is 1. The lowest BCUT2D eigenvalue weighted by molar-refractivity contribution is -0.130. The molecule has 1 aliphatic rings. The number of hydrogen-bond donors (Lipinski definition) is 2. The monoisotopic (exact) mass is 252 g/mol. The summed E-state index contributed by atoms with van der Waals surface area (Å²) in [6.45, 7) is 5.98. The van der Waals surface area contributed by atoms with E-state index in [0.717, 1.165) is 19.3 Å². The van der Waals surface area contributed by atoms with Crippen molar-refractivity contribution in [2.24, 2.45) is 10.8 Å². The molecular formula is C14H24N2O2. The molecule has 1 rings (SSSR count). The van der Waals surface area contributed by atoms with Crippen molar-refractivity contribution in [2.75, 3.05) is 6.54 Å². The predicted molar refractivity (Wildman–Crippen MR) is 69.6 cm³/mol. The van der Waals surface area contributed by atoms with Crippen molar-refractivity contribution in [1.82, 2.24) is 5.32 Å². The van der Waals surface area contributed by atoms with Crippen molar-refractivity contribution >= 4 is 5.91 Å². The highest BCUT2D eigenvalue weighted by Crippen LogP contribution is 2.35. The summed E-state index contributed by atoms with van der Waals surface area (Å²) < 4.78 is 0. The van der Waals surface area contributed by atoms with Crippen LogP contribution in [0.4, 0.5) is 0 Å². The van der Waals surface area contributed by atoms with E-state index in [1.807, 2.05) is 20.8 Å². The largest absolute Gasteiger partial charge is 0.391 e. The van der Waals surface area contributed by atoms with Gasteiger partial charge in [-0.1, -0.05) is 40.0 Å². The zero-order valence-corrected chi connectivity index (χ0v) is 11.6. The van der Waals surface area contributed by atoms with E-state index in [0.29, 0.717) is 12.8 Å². The molecule has 18 heavy (non-hydrogen) atoms. The third-order valence-corrected chi connectivity index (χ3v) is 3.81. The third-order valence-electron chi connectivity index (χ3n) is 3.81.